The lowest BCUT2D eigenvalue weighted by Crippen LogP contribution is -2.23. The molecule has 0 fully saturated rings. The molecule has 0 rings (SSSR count). The van der Waals surface area contributed by atoms with E-state index >= 15 is 0 Å². The molecule has 0 radical (unpaired) electrons. The molecule has 0 N–H and O–H groups in total. The Hall–Kier alpha value is 0.240. The Bertz CT molecular complexity index is 213. The van der Waals surface area contributed by atoms with Gasteiger partial charge < -0.3 is 0 Å². The highest BCUT2D eigenvalue weighted by Crippen LogP contribution is 2.27. The highest BCUT2D eigenvalue weighted by molar-refractivity contribution is 8.13. The van der Waals surface area contributed by atoms with Crippen LogP contribution in [0.5, 0.6) is 0 Å². The molecule has 1 unspecified atom stereocenters. The first-order chi connectivity index (χ1) is 4.63. The highest BCUT2D eigenvalue weighted by Gasteiger charge is 2.24. The van der Waals surface area contributed by atoms with Crippen molar-refractivity contribution in [3.63, 3.8) is 0 Å². The average molecular weight is 199 g/mol. The Labute approximate surface area is 73.4 Å². The van der Waals surface area contributed by atoms with E-state index in [1.807, 2.05) is 27.7 Å². The first kappa shape index (κ1) is 11.2. The Morgan fingerprint density at radius 1 is 1.36 bits per heavy atom. The van der Waals surface area contributed by atoms with E-state index in [-0.39, 0.29) is 17.1 Å². The second kappa shape index (κ2) is 3.31. The van der Waals surface area contributed by atoms with Gasteiger partial charge in [-0.2, -0.15) is 0 Å². The molecule has 68 valence electrons. The molecule has 0 aromatic carbocycles. The minimum absolute atomic E-state index is 0.00194. The molecule has 11 heavy (non-hydrogen) atoms. The summed E-state index contributed by atoms with van der Waals surface area (Å²) >= 11 is 0. The molecule has 0 saturated heterocycles. The molecule has 0 aromatic heterocycles. The van der Waals surface area contributed by atoms with Crippen LogP contribution >= 0.6 is 10.7 Å². The van der Waals surface area contributed by atoms with Gasteiger partial charge in [0.05, 0.1) is 5.75 Å². The maximum atomic E-state index is 10.7. The van der Waals surface area contributed by atoms with Gasteiger partial charge in [0.15, 0.2) is 0 Å². The first-order valence-corrected chi connectivity index (χ1v) is 6.03. The maximum absolute atomic E-state index is 10.7. The van der Waals surface area contributed by atoms with Gasteiger partial charge in [-0.05, 0) is 11.3 Å². The van der Waals surface area contributed by atoms with Gasteiger partial charge in [0.1, 0.15) is 0 Å². The van der Waals surface area contributed by atoms with Crippen LogP contribution < -0.4 is 0 Å². The Balaban J connectivity index is 4.21. The van der Waals surface area contributed by atoms with Crippen molar-refractivity contribution < 1.29 is 8.42 Å². The number of hydrogen-bond donors (Lipinski definition) is 0. The molecule has 0 heterocycles. The van der Waals surface area contributed by atoms with Crippen LogP contribution in [0.3, 0.4) is 0 Å². The van der Waals surface area contributed by atoms with E-state index in [4.69, 9.17) is 10.7 Å². The average Bonchev–Trinajstić information content (AvgIpc) is 1.56. The van der Waals surface area contributed by atoms with Gasteiger partial charge in [-0.15, -0.1) is 0 Å². The zero-order chi connectivity index (χ0) is 9.28. The fourth-order valence-corrected chi connectivity index (χ4v) is 2.21. The lowest BCUT2D eigenvalue weighted by atomic mass is 9.83. The summed E-state index contributed by atoms with van der Waals surface area (Å²) in [5.74, 6) is 0.142. The lowest BCUT2D eigenvalue weighted by molar-refractivity contribution is 0.286. The van der Waals surface area contributed by atoms with Crippen molar-refractivity contribution in [3.05, 3.63) is 0 Å². The molecule has 4 heteroatoms. The van der Waals surface area contributed by atoms with Crippen molar-refractivity contribution in [2.24, 2.45) is 11.3 Å². The molecule has 0 saturated carbocycles. The Kier molecular flexibility index (Phi) is 3.39. The van der Waals surface area contributed by atoms with Crippen LogP contribution in [0.25, 0.3) is 0 Å². The second-order valence-corrected chi connectivity index (χ2v) is 6.79. The van der Waals surface area contributed by atoms with E-state index in [1.165, 1.54) is 0 Å². The van der Waals surface area contributed by atoms with E-state index < -0.39 is 9.05 Å². The topological polar surface area (TPSA) is 34.1 Å². The summed E-state index contributed by atoms with van der Waals surface area (Å²) in [4.78, 5) is 0. The third-order valence-electron chi connectivity index (χ3n) is 1.93. The lowest BCUT2D eigenvalue weighted by Gasteiger charge is -2.25. The standard InChI is InChI=1S/C7H15ClO2S/c1-6(7(2,3)4)5-11(8,9)10/h6H,5H2,1-4H3. The molecule has 2 nitrogen and oxygen atoms in total. The number of halogens is 1. The summed E-state index contributed by atoms with van der Waals surface area (Å²) in [5.41, 5.74) is 0.00194. The van der Waals surface area contributed by atoms with E-state index in [9.17, 15) is 8.42 Å². The van der Waals surface area contributed by atoms with Crippen molar-refractivity contribution in [3.8, 4) is 0 Å². The molecule has 0 aliphatic rings. The highest BCUT2D eigenvalue weighted by atomic mass is 35.7. The SMILES string of the molecule is CC(CS(=O)(=O)Cl)C(C)(C)C. The summed E-state index contributed by atoms with van der Waals surface area (Å²) in [6.07, 6.45) is 0. The second-order valence-electron chi connectivity index (χ2n) is 3.97. The number of rotatable bonds is 2. The van der Waals surface area contributed by atoms with E-state index in [1.54, 1.807) is 0 Å². The third kappa shape index (κ3) is 5.50. The normalized spacial score (nSPS) is 16.5. The maximum Gasteiger partial charge on any atom is 0.232 e. The van der Waals surface area contributed by atoms with E-state index in [0.717, 1.165) is 0 Å². The quantitative estimate of drug-likeness (QED) is 0.638. The fraction of sp³-hybridized carbons (Fsp3) is 1.00. The van der Waals surface area contributed by atoms with Crippen LogP contribution in [0.2, 0.25) is 0 Å². The van der Waals surface area contributed by atoms with Crippen molar-refractivity contribution in [1.29, 1.82) is 0 Å². The van der Waals surface area contributed by atoms with Crippen LogP contribution in [-0.2, 0) is 9.05 Å². The Morgan fingerprint density at radius 3 is 1.82 bits per heavy atom. The van der Waals surface area contributed by atoms with Gasteiger partial charge >= 0.3 is 0 Å². The summed E-state index contributed by atoms with van der Waals surface area (Å²) in [5, 5.41) is 0. The summed E-state index contributed by atoms with van der Waals surface area (Å²) in [6, 6.07) is 0. The summed E-state index contributed by atoms with van der Waals surface area (Å²) < 4.78 is 21.3. The molecular formula is C7H15ClO2S. The smallest absolute Gasteiger partial charge is 0.212 e. The minimum Gasteiger partial charge on any atom is -0.212 e. The minimum atomic E-state index is -3.33. The molecular weight excluding hydrogens is 184 g/mol. The van der Waals surface area contributed by atoms with Crippen LogP contribution in [-0.4, -0.2) is 14.2 Å². The predicted octanol–water partition coefficient (Wildman–Crippen LogP) is 2.24. The summed E-state index contributed by atoms with van der Waals surface area (Å²) in [6.45, 7) is 7.89. The number of hydrogen-bond acceptors (Lipinski definition) is 2. The van der Waals surface area contributed by atoms with Crippen molar-refractivity contribution in [2.45, 2.75) is 27.7 Å². The van der Waals surface area contributed by atoms with Gasteiger partial charge in [0, 0.05) is 10.7 Å². The van der Waals surface area contributed by atoms with Gasteiger partial charge in [-0.25, -0.2) is 8.42 Å². The van der Waals surface area contributed by atoms with Crippen LogP contribution in [0, 0.1) is 11.3 Å². The molecule has 0 aliphatic carbocycles. The van der Waals surface area contributed by atoms with Crippen LogP contribution in [0.1, 0.15) is 27.7 Å². The van der Waals surface area contributed by atoms with Crippen LogP contribution in [0.15, 0.2) is 0 Å². The molecule has 0 aromatic rings. The van der Waals surface area contributed by atoms with Gasteiger partial charge in [-0.3, -0.25) is 0 Å². The van der Waals surface area contributed by atoms with Crippen molar-refractivity contribution >= 4 is 19.7 Å². The molecule has 0 amide bonds. The monoisotopic (exact) mass is 198 g/mol. The zero-order valence-corrected chi connectivity index (χ0v) is 8.96. The molecule has 0 spiro atoms. The fourth-order valence-electron chi connectivity index (χ4n) is 0.549. The van der Waals surface area contributed by atoms with Gasteiger partial charge in [-0.1, -0.05) is 27.7 Å². The Morgan fingerprint density at radius 2 is 1.73 bits per heavy atom. The summed E-state index contributed by atoms with van der Waals surface area (Å²) in [7, 11) is 1.77. The molecule has 1 atom stereocenters. The predicted molar refractivity (Wildman–Crippen MR) is 48.3 cm³/mol. The van der Waals surface area contributed by atoms with E-state index in [2.05, 4.69) is 0 Å². The van der Waals surface area contributed by atoms with Gasteiger partial charge in [0.25, 0.3) is 0 Å². The zero-order valence-electron chi connectivity index (χ0n) is 7.39. The van der Waals surface area contributed by atoms with Crippen LogP contribution in [0.4, 0.5) is 0 Å². The largest absolute Gasteiger partial charge is 0.232 e. The third-order valence-corrected chi connectivity index (χ3v) is 3.20. The van der Waals surface area contributed by atoms with Crippen molar-refractivity contribution in [1.82, 2.24) is 0 Å². The molecule has 0 bridgehead atoms. The molecule has 0 aliphatic heterocycles. The first-order valence-electron chi connectivity index (χ1n) is 3.55. The van der Waals surface area contributed by atoms with Gasteiger partial charge in [0.2, 0.25) is 9.05 Å². The van der Waals surface area contributed by atoms with Crippen molar-refractivity contribution in [2.75, 3.05) is 5.75 Å². The van der Waals surface area contributed by atoms with E-state index in [0.29, 0.717) is 0 Å².